The van der Waals surface area contributed by atoms with Crippen molar-refractivity contribution in [2.45, 2.75) is 4.90 Å². The van der Waals surface area contributed by atoms with E-state index in [0.29, 0.717) is 23.3 Å². The lowest BCUT2D eigenvalue weighted by atomic mass is 10.1. The third-order valence-electron chi connectivity index (χ3n) is 4.47. The van der Waals surface area contributed by atoms with Crippen LogP contribution in [0.25, 0.3) is 22.2 Å². The van der Waals surface area contributed by atoms with E-state index >= 15 is 0 Å². The molecule has 1 aromatic carbocycles. The smallest absolute Gasteiger partial charge is 0.175 e. The van der Waals surface area contributed by atoms with E-state index in [0.717, 1.165) is 41.1 Å². The van der Waals surface area contributed by atoms with Gasteiger partial charge in [-0.25, -0.2) is 13.4 Å². The lowest BCUT2D eigenvalue weighted by molar-refractivity contribution is 0.122. The molecule has 1 N–H and O–H groups in total. The van der Waals surface area contributed by atoms with Crippen molar-refractivity contribution in [3.05, 3.63) is 41.6 Å². The van der Waals surface area contributed by atoms with Crippen LogP contribution >= 0.6 is 11.6 Å². The third-order valence-corrected chi connectivity index (χ3v) is 5.79. The second kappa shape index (κ2) is 6.57. The van der Waals surface area contributed by atoms with E-state index in [1.165, 1.54) is 6.26 Å². The Hall–Kier alpha value is -2.09. The Balaban J connectivity index is 1.78. The molecule has 0 spiro atoms. The fraction of sp³-hybridized carbons (Fsp3) is 0.278. The summed E-state index contributed by atoms with van der Waals surface area (Å²) in [5, 5.41) is 1.42. The van der Waals surface area contributed by atoms with Crippen LogP contribution in [0.3, 0.4) is 0 Å². The first-order chi connectivity index (χ1) is 12.4. The summed E-state index contributed by atoms with van der Waals surface area (Å²) in [5.41, 5.74) is 2.69. The first kappa shape index (κ1) is 17.3. The average Bonchev–Trinajstić information content (AvgIpc) is 3.05. The Morgan fingerprint density at radius 3 is 2.50 bits per heavy atom. The van der Waals surface area contributed by atoms with Gasteiger partial charge in [-0.3, -0.25) is 0 Å². The zero-order valence-electron chi connectivity index (χ0n) is 14.2. The number of aromatic nitrogens is 2. The molecular formula is C18H18ClN3O3S. The van der Waals surface area contributed by atoms with Gasteiger partial charge in [-0.2, -0.15) is 0 Å². The van der Waals surface area contributed by atoms with E-state index in [-0.39, 0.29) is 0 Å². The molecule has 0 bridgehead atoms. The van der Waals surface area contributed by atoms with Crippen LogP contribution in [-0.4, -0.2) is 50.9 Å². The number of anilines is 1. The van der Waals surface area contributed by atoms with Gasteiger partial charge >= 0.3 is 0 Å². The van der Waals surface area contributed by atoms with Crippen molar-refractivity contribution in [3.63, 3.8) is 0 Å². The molecule has 1 aliphatic heterocycles. The summed E-state index contributed by atoms with van der Waals surface area (Å²) in [6.07, 6.45) is 1.20. The van der Waals surface area contributed by atoms with E-state index in [1.54, 1.807) is 30.3 Å². The lowest BCUT2D eigenvalue weighted by Gasteiger charge is -2.28. The number of rotatable bonds is 3. The van der Waals surface area contributed by atoms with Gasteiger partial charge < -0.3 is 14.6 Å². The molecule has 0 radical (unpaired) electrons. The van der Waals surface area contributed by atoms with Crippen LogP contribution in [0.5, 0.6) is 0 Å². The van der Waals surface area contributed by atoms with Crippen molar-refractivity contribution in [1.82, 2.24) is 9.97 Å². The number of H-pyrrole nitrogens is 1. The van der Waals surface area contributed by atoms with Crippen molar-refractivity contribution >= 4 is 38.2 Å². The maximum absolute atomic E-state index is 11.6. The molecule has 6 nitrogen and oxygen atoms in total. The van der Waals surface area contributed by atoms with Gasteiger partial charge in [-0.1, -0.05) is 23.7 Å². The number of hydrogen-bond donors (Lipinski definition) is 1. The highest BCUT2D eigenvalue weighted by Crippen LogP contribution is 2.32. The van der Waals surface area contributed by atoms with Crippen LogP contribution in [-0.2, 0) is 14.6 Å². The van der Waals surface area contributed by atoms with Gasteiger partial charge in [0.25, 0.3) is 0 Å². The summed E-state index contributed by atoms with van der Waals surface area (Å²) < 4.78 is 28.7. The maximum atomic E-state index is 11.6. The molecule has 4 rings (SSSR count). The topological polar surface area (TPSA) is 75.3 Å². The standard InChI is InChI=1S/C18H18ClN3O3S/c1-26(23,24)13-4-2-12(3-5-13)15-10-14-16(20-15)11-17(19)21-18(14)22-6-8-25-9-7-22/h2-5,10-11,20H,6-9H2,1H3. The SMILES string of the molecule is CS(=O)(=O)c1ccc(-c2cc3c(N4CCOCC4)nc(Cl)cc3[nH]2)cc1. The number of ether oxygens (including phenoxy) is 1. The number of nitrogens with zero attached hydrogens (tertiary/aromatic N) is 2. The zero-order valence-corrected chi connectivity index (χ0v) is 15.8. The van der Waals surface area contributed by atoms with Crippen LogP contribution in [0.4, 0.5) is 5.82 Å². The Bertz CT molecular complexity index is 1060. The zero-order chi connectivity index (χ0) is 18.3. The second-order valence-corrected chi connectivity index (χ2v) is 8.71. The molecule has 1 saturated heterocycles. The van der Waals surface area contributed by atoms with Crippen molar-refractivity contribution in [1.29, 1.82) is 0 Å². The van der Waals surface area contributed by atoms with Crippen molar-refractivity contribution in [2.75, 3.05) is 37.5 Å². The molecule has 0 aliphatic carbocycles. The number of hydrogen-bond acceptors (Lipinski definition) is 5. The largest absolute Gasteiger partial charge is 0.378 e. The van der Waals surface area contributed by atoms with Crippen LogP contribution in [0.15, 0.2) is 41.3 Å². The highest BCUT2D eigenvalue weighted by Gasteiger charge is 2.18. The molecule has 136 valence electrons. The van der Waals surface area contributed by atoms with Crippen LogP contribution in [0.1, 0.15) is 0 Å². The molecule has 3 heterocycles. The number of fused-ring (bicyclic) bond motifs is 1. The Labute approximate surface area is 156 Å². The van der Waals surface area contributed by atoms with Gasteiger partial charge in [-0.15, -0.1) is 0 Å². The number of nitrogens with one attached hydrogen (secondary N) is 1. The van der Waals surface area contributed by atoms with Gasteiger partial charge in [0.1, 0.15) is 11.0 Å². The van der Waals surface area contributed by atoms with Crippen molar-refractivity contribution in [2.24, 2.45) is 0 Å². The summed E-state index contributed by atoms with van der Waals surface area (Å²) in [4.78, 5) is 10.3. The quantitative estimate of drug-likeness (QED) is 0.694. The number of halogens is 1. The monoisotopic (exact) mass is 391 g/mol. The predicted molar refractivity (Wildman–Crippen MR) is 103 cm³/mol. The second-order valence-electron chi connectivity index (χ2n) is 6.31. The van der Waals surface area contributed by atoms with Crippen molar-refractivity contribution < 1.29 is 13.2 Å². The van der Waals surface area contributed by atoms with Gasteiger partial charge in [0.05, 0.1) is 23.6 Å². The van der Waals surface area contributed by atoms with E-state index in [4.69, 9.17) is 16.3 Å². The minimum Gasteiger partial charge on any atom is -0.378 e. The summed E-state index contributed by atoms with van der Waals surface area (Å²) in [6, 6.07) is 10.7. The average molecular weight is 392 g/mol. The molecule has 0 amide bonds. The molecule has 3 aromatic rings. The van der Waals surface area contributed by atoms with E-state index in [1.807, 2.05) is 6.07 Å². The Kier molecular flexibility index (Phi) is 4.38. The molecule has 1 fully saturated rings. The third kappa shape index (κ3) is 3.30. The minimum atomic E-state index is -3.21. The first-order valence-electron chi connectivity index (χ1n) is 8.24. The van der Waals surface area contributed by atoms with Gasteiger partial charge in [0.2, 0.25) is 0 Å². The molecule has 1 aliphatic rings. The van der Waals surface area contributed by atoms with E-state index < -0.39 is 9.84 Å². The predicted octanol–water partition coefficient (Wildman–Crippen LogP) is 3.12. The summed E-state index contributed by atoms with van der Waals surface area (Å²) in [7, 11) is -3.21. The van der Waals surface area contributed by atoms with Crippen molar-refractivity contribution in [3.8, 4) is 11.3 Å². The molecular weight excluding hydrogens is 374 g/mol. The molecule has 26 heavy (non-hydrogen) atoms. The number of sulfone groups is 1. The van der Waals surface area contributed by atoms with Gasteiger partial charge in [0, 0.05) is 30.4 Å². The fourth-order valence-electron chi connectivity index (χ4n) is 3.14. The van der Waals surface area contributed by atoms with Crippen LogP contribution in [0, 0.1) is 0 Å². The Morgan fingerprint density at radius 2 is 1.85 bits per heavy atom. The number of morpholine rings is 1. The molecule has 8 heteroatoms. The molecule has 2 aromatic heterocycles. The first-order valence-corrected chi connectivity index (χ1v) is 10.5. The van der Waals surface area contributed by atoms with Crippen LogP contribution in [0.2, 0.25) is 5.15 Å². The number of benzene rings is 1. The number of pyridine rings is 1. The summed E-state index contributed by atoms with van der Waals surface area (Å²) in [6.45, 7) is 2.87. The minimum absolute atomic E-state index is 0.302. The lowest BCUT2D eigenvalue weighted by Crippen LogP contribution is -2.36. The Morgan fingerprint density at radius 1 is 1.15 bits per heavy atom. The van der Waals surface area contributed by atoms with E-state index in [2.05, 4.69) is 14.9 Å². The van der Waals surface area contributed by atoms with E-state index in [9.17, 15) is 8.42 Å². The summed E-state index contributed by atoms with van der Waals surface area (Å²) >= 11 is 6.21. The molecule has 0 unspecified atom stereocenters. The maximum Gasteiger partial charge on any atom is 0.175 e. The molecule has 0 atom stereocenters. The summed E-state index contributed by atoms with van der Waals surface area (Å²) in [5.74, 6) is 0.839. The highest BCUT2D eigenvalue weighted by molar-refractivity contribution is 7.90. The number of aromatic amines is 1. The highest BCUT2D eigenvalue weighted by atomic mass is 35.5. The van der Waals surface area contributed by atoms with Crippen LogP contribution < -0.4 is 4.90 Å². The van der Waals surface area contributed by atoms with Gasteiger partial charge in [-0.05, 0) is 29.8 Å². The molecule has 0 saturated carbocycles. The fourth-order valence-corrected chi connectivity index (χ4v) is 3.96. The normalized spacial score (nSPS) is 15.5. The van der Waals surface area contributed by atoms with Gasteiger partial charge in [0.15, 0.2) is 9.84 Å².